The Balaban J connectivity index is 1.14. The quantitative estimate of drug-likeness (QED) is 0.0602. The average Bonchev–Trinajstić information content (AvgIpc) is 4.00. The summed E-state index contributed by atoms with van der Waals surface area (Å²) in [5.74, 6) is 2.04. The second-order valence-electron chi connectivity index (χ2n) is 17.8. The Labute approximate surface area is 369 Å². The van der Waals surface area contributed by atoms with Crippen molar-refractivity contribution < 1.29 is 54.0 Å². The summed E-state index contributed by atoms with van der Waals surface area (Å²) >= 11 is 0. The van der Waals surface area contributed by atoms with Crippen LogP contribution in [0.15, 0.2) is 78.9 Å². The van der Waals surface area contributed by atoms with Crippen LogP contribution in [-0.4, -0.2) is 77.4 Å². The largest absolute Gasteiger partial charge is 0.508 e. The number of phenolic OH excluding ortho intramolecular Hbond substituents is 3. The van der Waals surface area contributed by atoms with Crippen LogP contribution in [0.5, 0.6) is 40.2 Å². The molecule has 2 aliphatic heterocycles. The highest BCUT2D eigenvalue weighted by Gasteiger charge is 2.49. The first-order valence-electron chi connectivity index (χ1n) is 22.9. The third-order valence-electron chi connectivity index (χ3n) is 13.5. The van der Waals surface area contributed by atoms with Gasteiger partial charge in [0.25, 0.3) is 0 Å². The molecular weight excluding hydrogens is 801 g/mol. The van der Waals surface area contributed by atoms with E-state index in [1.807, 2.05) is 36.4 Å². The molecular formula is C52H60O11. The van der Waals surface area contributed by atoms with Crippen LogP contribution in [-0.2, 0) is 15.9 Å². The van der Waals surface area contributed by atoms with E-state index in [0.717, 1.165) is 90.0 Å². The van der Waals surface area contributed by atoms with Gasteiger partial charge in [-0.25, -0.2) is 0 Å². The van der Waals surface area contributed by atoms with Gasteiger partial charge in [-0.1, -0.05) is 18.2 Å². The van der Waals surface area contributed by atoms with Gasteiger partial charge in [-0.05, 0) is 148 Å². The molecule has 0 aromatic heterocycles. The minimum Gasteiger partial charge on any atom is -0.508 e. The standard InChI is InChI=1S/C52H60O11/c1-58-21-7-15-46-48(52(59-22-8-20-53)44-29-47(62-38-13-4-5-14-38)42-27-36(56)17-19-41(42)51(44)63-46)45-30-60-50-33(26-39(28-43(50)49(45)57)61-37-11-2-3-12-37)23-32-25-35(55)16-18-40(32)31-9-6-10-34(54)24-31/h6,9-10,16-19,24-29,37-38,45-46,48-49,52-57H,2-5,7-8,11-15,20-23,30H2,1H3. The monoisotopic (exact) mass is 860 g/mol. The van der Waals surface area contributed by atoms with E-state index in [1.165, 1.54) is 0 Å². The summed E-state index contributed by atoms with van der Waals surface area (Å²) < 4.78 is 39.8. The highest BCUT2D eigenvalue weighted by atomic mass is 16.5. The van der Waals surface area contributed by atoms with Crippen LogP contribution in [0.25, 0.3) is 21.9 Å². The lowest BCUT2D eigenvalue weighted by atomic mass is 9.72. The molecule has 5 aromatic carbocycles. The molecule has 2 saturated carbocycles. The van der Waals surface area contributed by atoms with Crippen LogP contribution in [0.4, 0.5) is 0 Å². The summed E-state index contributed by atoms with van der Waals surface area (Å²) in [5.41, 5.74) is 4.71. The van der Waals surface area contributed by atoms with E-state index in [9.17, 15) is 25.5 Å². The van der Waals surface area contributed by atoms with E-state index >= 15 is 0 Å². The molecule has 11 nitrogen and oxygen atoms in total. The Kier molecular flexibility index (Phi) is 13.2. The third-order valence-corrected chi connectivity index (χ3v) is 13.5. The zero-order valence-electron chi connectivity index (χ0n) is 36.0. The molecule has 0 saturated heterocycles. The van der Waals surface area contributed by atoms with E-state index in [0.29, 0.717) is 60.9 Å². The van der Waals surface area contributed by atoms with Crippen molar-refractivity contribution in [1.29, 1.82) is 0 Å². The van der Waals surface area contributed by atoms with Gasteiger partial charge in [0.2, 0.25) is 0 Å². The molecule has 63 heavy (non-hydrogen) atoms. The molecule has 2 aliphatic carbocycles. The Morgan fingerprint density at radius 1 is 0.698 bits per heavy atom. The molecule has 2 fully saturated rings. The predicted octanol–water partition coefficient (Wildman–Crippen LogP) is 9.84. The van der Waals surface area contributed by atoms with Crippen LogP contribution in [0.3, 0.4) is 0 Å². The number of benzene rings is 5. The summed E-state index contributed by atoms with van der Waals surface area (Å²) in [6, 6.07) is 23.5. The second kappa shape index (κ2) is 19.3. The van der Waals surface area contributed by atoms with Crippen molar-refractivity contribution in [3.05, 3.63) is 101 Å². The maximum Gasteiger partial charge on any atom is 0.133 e. The van der Waals surface area contributed by atoms with Crippen LogP contribution in [0, 0.1) is 11.8 Å². The van der Waals surface area contributed by atoms with Gasteiger partial charge in [-0.2, -0.15) is 0 Å². The Hall–Kier alpha value is -5.20. The molecule has 5 N–H and O–H groups in total. The molecule has 9 rings (SSSR count). The fourth-order valence-electron chi connectivity index (χ4n) is 10.5. The van der Waals surface area contributed by atoms with Crippen molar-refractivity contribution in [3.8, 4) is 51.4 Å². The maximum absolute atomic E-state index is 12.9. The van der Waals surface area contributed by atoms with Crippen LogP contribution in [0.2, 0.25) is 0 Å². The van der Waals surface area contributed by atoms with Gasteiger partial charge < -0.3 is 54.0 Å². The number of aliphatic hydroxyl groups excluding tert-OH is 2. The number of hydrogen-bond acceptors (Lipinski definition) is 11. The fourth-order valence-corrected chi connectivity index (χ4v) is 10.5. The molecule has 5 unspecified atom stereocenters. The summed E-state index contributed by atoms with van der Waals surface area (Å²) in [5, 5.41) is 56.2. The molecule has 11 heteroatoms. The number of aromatic hydroxyl groups is 3. The van der Waals surface area contributed by atoms with E-state index in [-0.39, 0.29) is 49.3 Å². The molecule has 0 spiro atoms. The highest BCUT2D eigenvalue weighted by molar-refractivity contribution is 5.96. The third kappa shape index (κ3) is 9.25. The maximum atomic E-state index is 12.9. The minimum atomic E-state index is -1.01. The molecule has 5 aromatic rings. The Bertz CT molecular complexity index is 2370. The minimum absolute atomic E-state index is 0.0352. The Morgan fingerprint density at radius 3 is 2.21 bits per heavy atom. The fraction of sp³-hybridized carbons (Fsp3) is 0.462. The number of phenols is 3. The van der Waals surface area contributed by atoms with Gasteiger partial charge in [0.1, 0.15) is 46.4 Å². The lowest BCUT2D eigenvalue weighted by molar-refractivity contribution is -0.113. The van der Waals surface area contributed by atoms with Crippen LogP contribution >= 0.6 is 0 Å². The van der Waals surface area contributed by atoms with Crippen molar-refractivity contribution in [3.63, 3.8) is 0 Å². The van der Waals surface area contributed by atoms with Gasteiger partial charge in [0, 0.05) is 72.6 Å². The van der Waals surface area contributed by atoms with Gasteiger partial charge >= 0.3 is 0 Å². The molecule has 5 atom stereocenters. The number of methoxy groups -OCH3 is 1. The van der Waals surface area contributed by atoms with Crippen LogP contribution < -0.4 is 18.9 Å². The van der Waals surface area contributed by atoms with E-state index in [1.54, 1.807) is 49.6 Å². The summed E-state index contributed by atoms with van der Waals surface area (Å²) in [6.45, 7) is 0.937. The summed E-state index contributed by atoms with van der Waals surface area (Å²) in [7, 11) is 1.68. The van der Waals surface area contributed by atoms with Crippen molar-refractivity contribution in [2.45, 2.75) is 108 Å². The second-order valence-corrected chi connectivity index (χ2v) is 17.8. The lowest BCUT2D eigenvalue weighted by Gasteiger charge is -2.46. The number of ether oxygens (including phenoxy) is 6. The zero-order chi connectivity index (χ0) is 43.5. The molecule has 2 heterocycles. The van der Waals surface area contributed by atoms with E-state index in [2.05, 4.69) is 0 Å². The van der Waals surface area contributed by atoms with Crippen molar-refractivity contribution in [1.82, 2.24) is 0 Å². The summed E-state index contributed by atoms with van der Waals surface area (Å²) in [4.78, 5) is 0. The average molecular weight is 861 g/mol. The number of rotatable bonds is 16. The molecule has 4 aliphatic rings. The van der Waals surface area contributed by atoms with Crippen molar-refractivity contribution >= 4 is 10.8 Å². The number of fused-ring (bicyclic) bond motifs is 4. The SMILES string of the molecule is COCCCC1Oc2c(cc(OC3CCCC3)c3cc(O)ccc23)C(OCCCO)C1C1COc2c(Cc3cc(O)ccc3-c3cccc(O)c3)cc(OC3CCCC3)cc2C1O. The van der Waals surface area contributed by atoms with E-state index in [4.69, 9.17) is 28.4 Å². The van der Waals surface area contributed by atoms with Crippen LogP contribution in [0.1, 0.15) is 105 Å². The first-order valence-corrected chi connectivity index (χ1v) is 22.9. The topological polar surface area (TPSA) is 157 Å². The first-order chi connectivity index (χ1) is 30.8. The lowest BCUT2D eigenvalue weighted by Crippen LogP contribution is -2.46. The normalized spacial score (nSPS) is 22.4. The first kappa shape index (κ1) is 43.1. The van der Waals surface area contributed by atoms with Crippen molar-refractivity contribution in [2.24, 2.45) is 11.8 Å². The van der Waals surface area contributed by atoms with Crippen molar-refractivity contribution in [2.75, 3.05) is 33.5 Å². The van der Waals surface area contributed by atoms with Gasteiger partial charge in [-0.15, -0.1) is 0 Å². The van der Waals surface area contributed by atoms with E-state index < -0.39 is 30.1 Å². The predicted molar refractivity (Wildman–Crippen MR) is 239 cm³/mol. The van der Waals surface area contributed by atoms with Gasteiger partial charge in [0.05, 0.1) is 31.0 Å². The number of hydrogen-bond donors (Lipinski definition) is 5. The smallest absolute Gasteiger partial charge is 0.133 e. The molecule has 334 valence electrons. The van der Waals surface area contributed by atoms with Gasteiger partial charge in [-0.3, -0.25) is 0 Å². The summed E-state index contributed by atoms with van der Waals surface area (Å²) in [6.07, 6.45) is 8.43. The zero-order valence-corrected chi connectivity index (χ0v) is 36.0. The highest BCUT2D eigenvalue weighted by Crippen LogP contribution is 2.55. The molecule has 0 amide bonds. The number of aliphatic hydroxyl groups is 2. The Morgan fingerprint density at radius 2 is 1.44 bits per heavy atom. The molecule has 0 radical (unpaired) electrons. The van der Waals surface area contributed by atoms with Gasteiger partial charge in [0.15, 0.2) is 0 Å². The molecule has 0 bridgehead atoms.